The van der Waals surface area contributed by atoms with Crippen molar-refractivity contribution in [3.8, 4) is 11.3 Å². The second kappa shape index (κ2) is 5.89. The second-order valence-electron chi connectivity index (χ2n) is 6.03. The maximum Gasteiger partial charge on any atom is 0.151 e. The predicted octanol–water partition coefficient (Wildman–Crippen LogP) is 3.48. The lowest BCUT2D eigenvalue weighted by Gasteiger charge is -2.27. The van der Waals surface area contributed by atoms with Crippen LogP contribution in [0.5, 0.6) is 0 Å². The van der Waals surface area contributed by atoms with Gasteiger partial charge >= 0.3 is 0 Å². The summed E-state index contributed by atoms with van der Waals surface area (Å²) in [6.07, 6.45) is 1.09. The van der Waals surface area contributed by atoms with Gasteiger partial charge in [-0.15, -0.1) is 0 Å². The van der Waals surface area contributed by atoms with E-state index in [4.69, 9.17) is 10.3 Å². The number of fused-ring (bicyclic) bond motifs is 1. The van der Waals surface area contributed by atoms with Gasteiger partial charge in [0.2, 0.25) is 0 Å². The first-order chi connectivity index (χ1) is 11.3. The minimum absolute atomic E-state index is 0.736. The van der Waals surface area contributed by atoms with Gasteiger partial charge in [-0.25, -0.2) is 0 Å². The third-order valence-corrected chi connectivity index (χ3v) is 4.33. The molecule has 0 atom stereocenters. The third kappa shape index (κ3) is 2.98. The number of nitrogen functional groups attached to an aromatic ring is 1. The minimum atomic E-state index is 0.736. The molecule has 2 aromatic carbocycles. The average molecular weight is 305 g/mol. The van der Waals surface area contributed by atoms with Crippen LogP contribution in [0.15, 0.2) is 59.1 Å². The summed E-state index contributed by atoms with van der Waals surface area (Å²) in [6.45, 7) is 2.79. The summed E-state index contributed by atoms with van der Waals surface area (Å²) >= 11 is 0. The number of hydrogen-bond acceptors (Lipinski definition) is 4. The molecule has 2 N–H and O–H groups in total. The molecule has 23 heavy (non-hydrogen) atoms. The second-order valence-corrected chi connectivity index (χ2v) is 6.03. The Bertz CT molecular complexity index is 825. The van der Waals surface area contributed by atoms with E-state index < -0.39 is 0 Å². The highest BCUT2D eigenvalue weighted by molar-refractivity contribution is 5.63. The number of rotatable bonds is 3. The van der Waals surface area contributed by atoms with Crippen LogP contribution in [0.2, 0.25) is 0 Å². The van der Waals surface area contributed by atoms with Gasteiger partial charge in [0.1, 0.15) is 5.69 Å². The molecule has 0 unspecified atom stereocenters. The highest BCUT2D eigenvalue weighted by Gasteiger charge is 2.17. The summed E-state index contributed by atoms with van der Waals surface area (Å²) in [5.74, 6) is 0.891. The molecular weight excluding hydrogens is 286 g/mol. The Morgan fingerprint density at radius 3 is 2.78 bits per heavy atom. The first kappa shape index (κ1) is 14.0. The molecule has 0 radical (unpaired) electrons. The van der Waals surface area contributed by atoms with E-state index in [-0.39, 0.29) is 0 Å². The summed E-state index contributed by atoms with van der Waals surface area (Å²) in [5, 5.41) is 4.18. The van der Waals surface area contributed by atoms with Crippen LogP contribution in [0.4, 0.5) is 5.69 Å². The summed E-state index contributed by atoms with van der Waals surface area (Å²) in [7, 11) is 0. The quantitative estimate of drug-likeness (QED) is 0.753. The van der Waals surface area contributed by atoms with Gasteiger partial charge in [0.25, 0.3) is 0 Å². The van der Waals surface area contributed by atoms with Gasteiger partial charge in [-0.3, -0.25) is 4.90 Å². The van der Waals surface area contributed by atoms with Crippen LogP contribution in [0.25, 0.3) is 11.3 Å². The Morgan fingerprint density at radius 2 is 1.91 bits per heavy atom. The lowest BCUT2D eigenvalue weighted by atomic mass is 10.00. The fraction of sp³-hybridized carbons (Fsp3) is 0.211. The minimum Gasteiger partial charge on any atom is -0.399 e. The Hall–Kier alpha value is -2.59. The van der Waals surface area contributed by atoms with Crippen LogP contribution in [0.3, 0.4) is 0 Å². The molecule has 1 aliphatic heterocycles. The van der Waals surface area contributed by atoms with Gasteiger partial charge in [0.05, 0.1) is 6.54 Å². The van der Waals surface area contributed by atoms with E-state index in [0.717, 1.165) is 48.8 Å². The zero-order valence-electron chi connectivity index (χ0n) is 12.9. The van der Waals surface area contributed by atoms with Gasteiger partial charge in [0.15, 0.2) is 5.76 Å². The highest BCUT2D eigenvalue weighted by atomic mass is 16.5. The van der Waals surface area contributed by atoms with Crippen molar-refractivity contribution in [2.75, 3.05) is 12.3 Å². The molecule has 0 spiro atoms. The van der Waals surface area contributed by atoms with Crippen molar-refractivity contribution in [3.05, 3.63) is 71.5 Å². The maximum absolute atomic E-state index is 5.83. The molecule has 116 valence electrons. The smallest absolute Gasteiger partial charge is 0.151 e. The monoisotopic (exact) mass is 305 g/mol. The topological polar surface area (TPSA) is 55.3 Å². The van der Waals surface area contributed by atoms with E-state index in [1.165, 1.54) is 11.1 Å². The zero-order valence-corrected chi connectivity index (χ0v) is 12.9. The number of anilines is 1. The fourth-order valence-electron chi connectivity index (χ4n) is 3.13. The van der Waals surface area contributed by atoms with Crippen LogP contribution < -0.4 is 5.73 Å². The molecule has 0 saturated carbocycles. The standard InChI is InChI=1S/C19H19N3O/c20-17-7-3-6-15(10-17)19-11-18(23-21-19)13-22-9-8-14-4-1-2-5-16(14)12-22/h1-7,10-11H,8-9,12-13,20H2. The van der Waals surface area contributed by atoms with E-state index >= 15 is 0 Å². The fourth-order valence-corrected chi connectivity index (χ4v) is 3.13. The molecule has 0 saturated heterocycles. The Labute approximate surface area is 135 Å². The molecule has 4 rings (SSSR count). The van der Waals surface area contributed by atoms with E-state index in [1.807, 2.05) is 30.3 Å². The van der Waals surface area contributed by atoms with Crippen molar-refractivity contribution in [1.29, 1.82) is 0 Å². The molecule has 4 heteroatoms. The molecule has 4 nitrogen and oxygen atoms in total. The normalized spacial score (nSPS) is 14.6. The van der Waals surface area contributed by atoms with Gasteiger partial charge in [-0.1, -0.05) is 41.6 Å². The van der Waals surface area contributed by atoms with Gasteiger partial charge in [-0.2, -0.15) is 0 Å². The molecule has 3 aromatic rings. The molecule has 1 aromatic heterocycles. The molecule has 0 fully saturated rings. The zero-order chi connectivity index (χ0) is 15.6. The van der Waals surface area contributed by atoms with Crippen LogP contribution in [0, 0.1) is 0 Å². The summed E-state index contributed by atoms with van der Waals surface area (Å²) in [4.78, 5) is 2.39. The molecule has 0 aliphatic carbocycles. The van der Waals surface area contributed by atoms with Crippen LogP contribution in [-0.2, 0) is 19.5 Å². The maximum atomic E-state index is 5.83. The third-order valence-electron chi connectivity index (χ3n) is 4.33. The molecule has 1 aliphatic rings. The van der Waals surface area contributed by atoms with Crippen molar-refractivity contribution < 1.29 is 4.52 Å². The van der Waals surface area contributed by atoms with Crippen LogP contribution in [-0.4, -0.2) is 16.6 Å². The van der Waals surface area contributed by atoms with Crippen molar-refractivity contribution in [1.82, 2.24) is 10.1 Å². The van der Waals surface area contributed by atoms with Crippen molar-refractivity contribution >= 4 is 5.69 Å². The molecular formula is C19H19N3O. The largest absolute Gasteiger partial charge is 0.399 e. The van der Waals surface area contributed by atoms with Crippen LogP contribution >= 0.6 is 0 Å². The Morgan fingerprint density at radius 1 is 1.04 bits per heavy atom. The summed E-state index contributed by atoms with van der Waals surface area (Å²) in [6, 6.07) is 18.4. The molecule has 0 amide bonds. The first-order valence-electron chi connectivity index (χ1n) is 7.88. The lowest BCUT2D eigenvalue weighted by molar-refractivity contribution is 0.215. The molecule has 2 heterocycles. The number of nitrogens with zero attached hydrogens (tertiary/aromatic N) is 2. The lowest BCUT2D eigenvalue weighted by Crippen LogP contribution is -2.29. The van der Waals surface area contributed by atoms with Crippen LogP contribution in [0.1, 0.15) is 16.9 Å². The average Bonchev–Trinajstić information content (AvgIpc) is 3.03. The SMILES string of the molecule is Nc1cccc(-c2cc(CN3CCc4ccccc4C3)on2)c1. The van der Waals surface area contributed by atoms with Crippen molar-refractivity contribution in [2.24, 2.45) is 0 Å². The van der Waals surface area contributed by atoms with Crippen molar-refractivity contribution in [3.63, 3.8) is 0 Å². The molecule has 0 bridgehead atoms. The van der Waals surface area contributed by atoms with Gasteiger partial charge in [-0.05, 0) is 29.7 Å². The van der Waals surface area contributed by atoms with Gasteiger partial charge in [0, 0.05) is 30.4 Å². The van der Waals surface area contributed by atoms with E-state index in [1.54, 1.807) is 0 Å². The highest BCUT2D eigenvalue weighted by Crippen LogP contribution is 2.24. The van der Waals surface area contributed by atoms with E-state index in [2.05, 4.69) is 34.3 Å². The van der Waals surface area contributed by atoms with E-state index in [9.17, 15) is 0 Å². The number of nitrogens with two attached hydrogens (primary N) is 1. The Kier molecular flexibility index (Phi) is 3.60. The van der Waals surface area contributed by atoms with Crippen molar-refractivity contribution in [2.45, 2.75) is 19.5 Å². The Balaban J connectivity index is 1.48. The predicted molar refractivity (Wildman–Crippen MR) is 90.6 cm³/mol. The van der Waals surface area contributed by atoms with Gasteiger partial charge < -0.3 is 10.3 Å². The number of benzene rings is 2. The first-order valence-corrected chi connectivity index (χ1v) is 7.88. The summed E-state index contributed by atoms with van der Waals surface area (Å²) in [5.41, 5.74) is 11.3. The summed E-state index contributed by atoms with van der Waals surface area (Å²) < 4.78 is 5.52. The number of hydrogen-bond donors (Lipinski definition) is 1. The van der Waals surface area contributed by atoms with E-state index in [0.29, 0.717) is 0 Å². The number of aromatic nitrogens is 1.